The summed E-state index contributed by atoms with van der Waals surface area (Å²) in [7, 11) is 0. The predicted molar refractivity (Wildman–Crippen MR) is 101 cm³/mol. The molecular formula is C19H34N2O6. The van der Waals surface area contributed by atoms with Crippen LogP contribution in [0.5, 0.6) is 0 Å². The van der Waals surface area contributed by atoms with Crippen molar-refractivity contribution in [1.29, 1.82) is 0 Å². The quantitative estimate of drug-likeness (QED) is 0.667. The molecular weight excluding hydrogens is 352 g/mol. The van der Waals surface area contributed by atoms with Crippen molar-refractivity contribution in [1.82, 2.24) is 10.6 Å². The van der Waals surface area contributed by atoms with Gasteiger partial charge in [-0.1, -0.05) is 6.42 Å². The fourth-order valence-electron chi connectivity index (χ4n) is 3.33. The number of amides is 2. The first kappa shape index (κ1) is 23.0. The molecule has 1 aliphatic rings. The minimum absolute atomic E-state index is 0.0422. The summed E-state index contributed by atoms with van der Waals surface area (Å²) in [5.74, 6) is -0.938. The van der Waals surface area contributed by atoms with Gasteiger partial charge in [-0.3, -0.25) is 4.79 Å². The number of aliphatic carboxylic acids is 1. The normalized spacial score (nSPS) is 23.3. The molecule has 0 bridgehead atoms. The van der Waals surface area contributed by atoms with E-state index < -0.39 is 34.9 Å². The Balaban J connectivity index is 2.73. The zero-order valence-corrected chi connectivity index (χ0v) is 17.3. The Morgan fingerprint density at radius 2 is 1.59 bits per heavy atom. The fraction of sp³-hybridized carbons (Fsp3) is 0.842. The van der Waals surface area contributed by atoms with Gasteiger partial charge in [-0.15, -0.1) is 0 Å². The topological polar surface area (TPSA) is 114 Å². The molecule has 2 unspecified atom stereocenters. The van der Waals surface area contributed by atoms with Crippen LogP contribution >= 0.6 is 0 Å². The van der Waals surface area contributed by atoms with Crippen LogP contribution < -0.4 is 10.6 Å². The molecule has 0 aromatic heterocycles. The number of hydrogen-bond donors (Lipinski definition) is 3. The second-order valence-corrected chi connectivity index (χ2v) is 9.32. The predicted octanol–water partition coefficient (Wildman–Crippen LogP) is 3.44. The SMILES string of the molecule is CC(C)(C)OC(=O)NCC1CCCC(CC(=O)O)(NC(=O)OC(C)(C)C)C1. The first-order valence-corrected chi connectivity index (χ1v) is 9.39. The second-order valence-electron chi connectivity index (χ2n) is 9.32. The molecule has 156 valence electrons. The summed E-state index contributed by atoms with van der Waals surface area (Å²) in [5, 5.41) is 14.9. The van der Waals surface area contributed by atoms with Crippen molar-refractivity contribution < 1.29 is 29.0 Å². The Bertz CT molecular complexity index is 549. The van der Waals surface area contributed by atoms with Crippen molar-refractivity contribution in [3.63, 3.8) is 0 Å². The van der Waals surface area contributed by atoms with E-state index in [1.54, 1.807) is 41.5 Å². The number of alkyl carbamates (subject to hydrolysis) is 2. The number of carboxylic acid groups (broad SMARTS) is 1. The van der Waals surface area contributed by atoms with Gasteiger partial charge in [-0.2, -0.15) is 0 Å². The molecule has 3 N–H and O–H groups in total. The molecule has 27 heavy (non-hydrogen) atoms. The molecule has 0 spiro atoms. The molecule has 8 heteroatoms. The summed E-state index contributed by atoms with van der Waals surface area (Å²) in [4.78, 5) is 35.5. The van der Waals surface area contributed by atoms with Gasteiger partial charge in [0.15, 0.2) is 0 Å². The molecule has 1 fully saturated rings. The smallest absolute Gasteiger partial charge is 0.408 e. The standard InChI is InChI=1S/C19H34N2O6/c1-17(2,3)26-15(24)20-12-13-8-7-9-19(10-13,11-14(22)23)21-16(25)27-18(4,5)6/h13H,7-12H2,1-6H3,(H,20,24)(H,21,25)(H,22,23). The molecule has 1 rings (SSSR count). The highest BCUT2D eigenvalue weighted by Gasteiger charge is 2.40. The lowest BCUT2D eigenvalue weighted by Gasteiger charge is -2.41. The number of carbonyl (C=O) groups excluding carboxylic acids is 2. The van der Waals surface area contributed by atoms with Crippen molar-refractivity contribution in [3.8, 4) is 0 Å². The van der Waals surface area contributed by atoms with Crippen molar-refractivity contribution in [2.75, 3.05) is 6.54 Å². The number of ether oxygens (including phenoxy) is 2. The molecule has 0 radical (unpaired) electrons. The lowest BCUT2D eigenvalue weighted by atomic mass is 9.74. The number of carbonyl (C=O) groups is 3. The van der Waals surface area contributed by atoms with Gasteiger partial charge in [0.1, 0.15) is 11.2 Å². The third kappa shape index (κ3) is 9.49. The Morgan fingerprint density at radius 1 is 1.04 bits per heavy atom. The molecule has 0 aliphatic heterocycles. The molecule has 8 nitrogen and oxygen atoms in total. The highest BCUT2D eigenvalue weighted by molar-refractivity contribution is 5.73. The zero-order valence-electron chi connectivity index (χ0n) is 17.3. The minimum atomic E-state index is -0.980. The maximum absolute atomic E-state index is 12.2. The zero-order chi connectivity index (χ0) is 20.9. The van der Waals surface area contributed by atoms with E-state index in [0.29, 0.717) is 19.4 Å². The average Bonchev–Trinajstić information content (AvgIpc) is 2.40. The Kier molecular flexibility index (Phi) is 7.51. The number of nitrogens with one attached hydrogen (secondary N) is 2. The van der Waals surface area contributed by atoms with E-state index >= 15 is 0 Å². The second kappa shape index (κ2) is 8.80. The lowest BCUT2D eigenvalue weighted by molar-refractivity contribution is -0.139. The largest absolute Gasteiger partial charge is 0.481 e. The van der Waals surface area contributed by atoms with E-state index in [0.717, 1.165) is 12.8 Å². The van der Waals surface area contributed by atoms with Gasteiger partial charge in [0, 0.05) is 6.54 Å². The molecule has 0 aromatic rings. The number of rotatable bonds is 5. The molecule has 1 saturated carbocycles. The third-order valence-corrected chi connectivity index (χ3v) is 4.14. The Labute approximate surface area is 161 Å². The first-order chi connectivity index (χ1) is 12.2. The van der Waals surface area contributed by atoms with Crippen molar-refractivity contribution in [2.24, 2.45) is 5.92 Å². The third-order valence-electron chi connectivity index (χ3n) is 4.14. The highest BCUT2D eigenvalue weighted by Crippen LogP contribution is 2.35. The van der Waals surface area contributed by atoms with E-state index in [4.69, 9.17) is 9.47 Å². The van der Waals surface area contributed by atoms with Gasteiger partial charge in [0.25, 0.3) is 0 Å². The number of hydrogen-bond acceptors (Lipinski definition) is 5. The van der Waals surface area contributed by atoms with Gasteiger partial charge < -0.3 is 25.2 Å². The summed E-state index contributed by atoms with van der Waals surface area (Å²) < 4.78 is 10.5. The monoisotopic (exact) mass is 386 g/mol. The lowest BCUT2D eigenvalue weighted by Crippen LogP contribution is -2.54. The first-order valence-electron chi connectivity index (χ1n) is 9.39. The van der Waals surface area contributed by atoms with Crippen LogP contribution in [-0.2, 0) is 14.3 Å². The Hall–Kier alpha value is -1.99. The summed E-state index contributed by atoms with van der Waals surface area (Å²) in [6.07, 6.45) is 1.29. The van der Waals surface area contributed by atoms with Crippen LogP contribution in [0.15, 0.2) is 0 Å². The highest BCUT2D eigenvalue weighted by atomic mass is 16.6. The average molecular weight is 386 g/mol. The van der Waals surface area contributed by atoms with Gasteiger partial charge >= 0.3 is 18.2 Å². The summed E-state index contributed by atoms with van der Waals surface area (Å²) >= 11 is 0. The van der Waals surface area contributed by atoms with E-state index in [1.807, 2.05) is 0 Å². The van der Waals surface area contributed by atoms with Crippen LogP contribution in [0.25, 0.3) is 0 Å². The van der Waals surface area contributed by atoms with Crippen LogP contribution in [0.3, 0.4) is 0 Å². The summed E-state index contributed by atoms with van der Waals surface area (Å²) in [6, 6.07) is 0. The molecule has 2 atom stereocenters. The van der Waals surface area contributed by atoms with E-state index in [9.17, 15) is 19.5 Å². The van der Waals surface area contributed by atoms with E-state index in [2.05, 4.69) is 10.6 Å². The molecule has 1 aliphatic carbocycles. The van der Waals surface area contributed by atoms with E-state index in [1.165, 1.54) is 0 Å². The van der Waals surface area contributed by atoms with Crippen molar-refractivity contribution in [3.05, 3.63) is 0 Å². The van der Waals surface area contributed by atoms with Gasteiger partial charge in [0.2, 0.25) is 0 Å². The van der Waals surface area contributed by atoms with Crippen LogP contribution in [0, 0.1) is 5.92 Å². The van der Waals surface area contributed by atoms with Crippen LogP contribution in [0.4, 0.5) is 9.59 Å². The van der Waals surface area contributed by atoms with Crippen LogP contribution in [-0.4, -0.2) is 46.5 Å². The molecule has 0 saturated heterocycles. The number of carboxylic acids is 1. The van der Waals surface area contributed by atoms with Gasteiger partial charge in [-0.25, -0.2) is 9.59 Å². The van der Waals surface area contributed by atoms with Crippen LogP contribution in [0.2, 0.25) is 0 Å². The molecule has 2 amide bonds. The van der Waals surface area contributed by atoms with Gasteiger partial charge in [-0.05, 0) is 66.7 Å². The van der Waals surface area contributed by atoms with Crippen LogP contribution in [0.1, 0.15) is 73.6 Å². The van der Waals surface area contributed by atoms with Crippen molar-refractivity contribution in [2.45, 2.75) is 90.4 Å². The maximum atomic E-state index is 12.2. The minimum Gasteiger partial charge on any atom is -0.481 e. The van der Waals surface area contributed by atoms with Crippen molar-refractivity contribution >= 4 is 18.2 Å². The fourth-order valence-corrected chi connectivity index (χ4v) is 3.33. The van der Waals surface area contributed by atoms with Gasteiger partial charge in [0.05, 0.1) is 12.0 Å². The molecule has 0 heterocycles. The summed E-state index contributed by atoms with van der Waals surface area (Å²) in [6.45, 7) is 11.0. The Morgan fingerprint density at radius 3 is 2.11 bits per heavy atom. The summed E-state index contributed by atoms with van der Waals surface area (Å²) in [5.41, 5.74) is -2.13. The maximum Gasteiger partial charge on any atom is 0.408 e. The van der Waals surface area contributed by atoms with E-state index in [-0.39, 0.29) is 12.3 Å². The molecule has 0 aromatic carbocycles.